The molecule has 0 spiro atoms. The maximum atomic E-state index is 6.02. The lowest BCUT2D eigenvalue weighted by atomic mass is 10.1. The molecule has 0 aliphatic heterocycles. The molecule has 1 N–H and O–H groups in total. The summed E-state index contributed by atoms with van der Waals surface area (Å²) in [6, 6.07) is 14.8. The summed E-state index contributed by atoms with van der Waals surface area (Å²) in [4.78, 5) is 0. The van der Waals surface area contributed by atoms with Gasteiger partial charge in [-0.3, -0.25) is 0 Å². The smallest absolute Gasteiger partial charge is 0.175 e. The Labute approximate surface area is 153 Å². The second-order valence-electron chi connectivity index (χ2n) is 5.80. The molecule has 130 valence electrons. The second-order valence-corrected chi connectivity index (χ2v) is 6.66. The van der Waals surface area contributed by atoms with Crippen LogP contribution >= 0.6 is 15.9 Å². The number of hydrogen-bond acceptors (Lipinski definition) is 3. The van der Waals surface area contributed by atoms with E-state index in [0.29, 0.717) is 19.3 Å². The number of benzene rings is 2. The maximum absolute atomic E-state index is 6.02. The molecule has 0 saturated carbocycles. The van der Waals surface area contributed by atoms with Crippen molar-refractivity contribution < 1.29 is 9.47 Å². The van der Waals surface area contributed by atoms with E-state index in [1.807, 2.05) is 25.1 Å². The van der Waals surface area contributed by atoms with Crippen LogP contribution in [0.1, 0.15) is 38.3 Å². The van der Waals surface area contributed by atoms with Gasteiger partial charge in [-0.25, -0.2) is 0 Å². The van der Waals surface area contributed by atoms with Crippen molar-refractivity contribution in [1.82, 2.24) is 5.32 Å². The van der Waals surface area contributed by atoms with E-state index in [-0.39, 0.29) is 0 Å². The van der Waals surface area contributed by atoms with Gasteiger partial charge in [0, 0.05) is 12.6 Å². The zero-order chi connectivity index (χ0) is 17.4. The van der Waals surface area contributed by atoms with Crippen LogP contribution in [0.4, 0.5) is 0 Å². The average molecular weight is 392 g/mol. The highest BCUT2D eigenvalue weighted by Crippen LogP contribution is 2.37. The molecule has 0 bridgehead atoms. The molecule has 3 nitrogen and oxygen atoms in total. The first-order valence-electron chi connectivity index (χ1n) is 8.49. The molecule has 24 heavy (non-hydrogen) atoms. The van der Waals surface area contributed by atoms with Gasteiger partial charge in [-0.2, -0.15) is 0 Å². The monoisotopic (exact) mass is 391 g/mol. The van der Waals surface area contributed by atoms with Crippen molar-refractivity contribution in [2.75, 3.05) is 6.61 Å². The molecule has 2 aromatic rings. The topological polar surface area (TPSA) is 30.5 Å². The summed E-state index contributed by atoms with van der Waals surface area (Å²) < 4.78 is 12.7. The first kappa shape index (κ1) is 18.8. The molecule has 2 aromatic carbocycles. The Kier molecular flexibility index (Phi) is 7.60. The van der Waals surface area contributed by atoms with E-state index in [0.717, 1.165) is 34.5 Å². The van der Waals surface area contributed by atoms with Crippen molar-refractivity contribution >= 4 is 15.9 Å². The summed E-state index contributed by atoms with van der Waals surface area (Å²) in [5.74, 6) is 1.54. The number of nitrogens with one attached hydrogen (secondary N) is 1. The lowest BCUT2D eigenvalue weighted by molar-refractivity contribution is 0.267. The van der Waals surface area contributed by atoms with Gasteiger partial charge in [0.05, 0.1) is 11.1 Å². The molecule has 4 heteroatoms. The fraction of sp³-hybridized carbons (Fsp3) is 0.400. The van der Waals surface area contributed by atoms with E-state index in [4.69, 9.17) is 9.47 Å². The Hall–Kier alpha value is -1.52. The molecule has 0 heterocycles. The average Bonchev–Trinajstić information content (AvgIpc) is 2.60. The van der Waals surface area contributed by atoms with Crippen LogP contribution in [-0.2, 0) is 13.2 Å². The van der Waals surface area contributed by atoms with Crippen molar-refractivity contribution in [2.45, 2.75) is 46.4 Å². The predicted octanol–water partition coefficient (Wildman–Crippen LogP) is 5.31. The summed E-state index contributed by atoms with van der Waals surface area (Å²) in [7, 11) is 0. The largest absolute Gasteiger partial charge is 0.490 e. The Morgan fingerprint density at radius 3 is 2.46 bits per heavy atom. The van der Waals surface area contributed by atoms with Gasteiger partial charge in [0.1, 0.15) is 6.61 Å². The van der Waals surface area contributed by atoms with Crippen molar-refractivity contribution in [3.63, 3.8) is 0 Å². The van der Waals surface area contributed by atoms with Gasteiger partial charge in [-0.15, -0.1) is 0 Å². The van der Waals surface area contributed by atoms with Crippen LogP contribution in [0.5, 0.6) is 11.5 Å². The molecular weight excluding hydrogens is 366 g/mol. The number of halogens is 1. The van der Waals surface area contributed by atoms with Crippen LogP contribution in [0.3, 0.4) is 0 Å². The normalized spacial score (nSPS) is 12.0. The van der Waals surface area contributed by atoms with E-state index in [1.54, 1.807) is 0 Å². The van der Waals surface area contributed by atoms with Crippen LogP contribution in [-0.4, -0.2) is 12.6 Å². The minimum atomic E-state index is 0.494. The third-order valence-corrected chi connectivity index (χ3v) is 4.45. The number of rotatable bonds is 9. The zero-order valence-corrected chi connectivity index (χ0v) is 16.2. The van der Waals surface area contributed by atoms with Gasteiger partial charge in [0.15, 0.2) is 11.5 Å². The van der Waals surface area contributed by atoms with Crippen LogP contribution in [0.15, 0.2) is 46.9 Å². The molecule has 0 amide bonds. The minimum Gasteiger partial charge on any atom is -0.490 e. The molecule has 0 unspecified atom stereocenters. The van der Waals surface area contributed by atoms with Gasteiger partial charge in [0.25, 0.3) is 0 Å². The molecule has 0 saturated heterocycles. The minimum absolute atomic E-state index is 0.494. The molecule has 1 atom stereocenters. The van der Waals surface area contributed by atoms with Crippen molar-refractivity contribution in [3.05, 3.63) is 58.1 Å². The zero-order valence-electron chi connectivity index (χ0n) is 14.6. The highest BCUT2D eigenvalue weighted by Gasteiger charge is 2.13. The van der Waals surface area contributed by atoms with Crippen LogP contribution in [0.2, 0.25) is 0 Å². The Bertz CT molecular complexity index is 631. The van der Waals surface area contributed by atoms with E-state index < -0.39 is 0 Å². The van der Waals surface area contributed by atoms with E-state index in [9.17, 15) is 0 Å². The summed E-state index contributed by atoms with van der Waals surface area (Å²) in [6.07, 6.45) is 1.11. The third-order valence-electron chi connectivity index (χ3n) is 3.86. The van der Waals surface area contributed by atoms with Crippen molar-refractivity contribution in [3.8, 4) is 11.5 Å². The van der Waals surface area contributed by atoms with Gasteiger partial charge in [-0.1, -0.05) is 37.3 Å². The Morgan fingerprint density at radius 1 is 1.04 bits per heavy atom. The SMILES string of the molecule is CCOc1cc(CN[C@@H](C)CC)cc(Br)c1OCc1ccccc1. The summed E-state index contributed by atoms with van der Waals surface area (Å²) in [5, 5.41) is 3.51. The van der Waals surface area contributed by atoms with Crippen molar-refractivity contribution in [2.24, 2.45) is 0 Å². The maximum Gasteiger partial charge on any atom is 0.175 e. The Balaban J connectivity index is 2.14. The molecular formula is C20H26BrNO2. The van der Waals surface area contributed by atoms with E-state index in [1.165, 1.54) is 5.56 Å². The standard InChI is InChI=1S/C20H26BrNO2/c1-4-15(3)22-13-17-11-18(21)20(19(12-17)23-5-2)24-14-16-9-7-6-8-10-16/h6-12,15,22H,4-5,13-14H2,1-3H3/t15-/m0/s1. The second kappa shape index (κ2) is 9.70. The van der Waals surface area contributed by atoms with Gasteiger partial charge in [0.2, 0.25) is 0 Å². The van der Waals surface area contributed by atoms with Crippen molar-refractivity contribution in [1.29, 1.82) is 0 Å². The Morgan fingerprint density at radius 2 is 1.79 bits per heavy atom. The summed E-state index contributed by atoms with van der Waals surface area (Å²) >= 11 is 3.63. The highest BCUT2D eigenvalue weighted by molar-refractivity contribution is 9.10. The fourth-order valence-electron chi connectivity index (χ4n) is 2.29. The summed E-state index contributed by atoms with van der Waals surface area (Å²) in [6.45, 7) is 8.29. The summed E-state index contributed by atoms with van der Waals surface area (Å²) in [5.41, 5.74) is 2.31. The predicted molar refractivity (Wildman–Crippen MR) is 103 cm³/mol. The van der Waals surface area contributed by atoms with Gasteiger partial charge < -0.3 is 14.8 Å². The van der Waals surface area contributed by atoms with Gasteiger partial charge >= 0.3 is 0 Å². The number of ether oxygens (including phenoxy) is 2. The van der Waals surface area contributed by atoms with E-state index >= 15 is 0 Å². The molecule has 0 radical (unpaired) electrons. The first-order valence-corrected chi connectivity index (χ1v) is 9.28. The number of hydrogen-bond donors (Lipinski definition) is 1. The fourth-order valence-corrected chi connectivity index (χ4v) is 2.90. The lowest BCUT2D eigenvalue weighted by Gasteiger charge is -2.17. The molecule has 0 aliphatic rings. The van der Waals surface area contributed by atoms with Gasteiger partial charge in [-0.05, 0) is 59.5 Å². The van der Waals surface area contributed by atoms with Crippen LogP contribution in [0.25, 0.3) is 0 Å². The third kappa shape index (κ3) is 5.53. The van der Waals surface area contributed by atoms with E-state index in [2.05, 4.69) is 59.4 Å². The quantitative estimate of drug-likeness (QED) is 0.627. The van der Waals surface area contributed by atoms with Crippen LogP contribution in [0, 0.1) is 0 Å². The molecule has 0 aliphatic carbocycles. The molecule has 0 fully saturated rings. The molecule has 2 rings (SSSR count). The molecule has 0 aromatic heterocycles. The lowest BCUT2D eigenvalue weighted by Crippen LogP contribution is -2.24. The van der Waals surface area contributed by atoms with Crippen LogP contribution < -0.4 is 14.8 Å². The first-order chi connectivity index (χ1) is 11.6. The highest BCUT2D eigenvalue weighted by atomic mass is 79.9.